The molecule has 1 atom stereocenters. The third-order valence-electron chi connectivity index (χ3n) is 5.47. The largest absolute Gasteiger partial charge is 0.481 e. The van der Waals surface area contributed by atoms with Crippen molar-refractivity contribution in [3.63, 3.8) is 0 Å². The maximum Gasteiger partial charge on any atom is 0.274 e. The molecule has 170 valence electrons. The lowest BCUT2D eigenvalue weighted by Gasteiger charge is -2.24. The van der Waals surface area contributed by atoms with E-state index in [2.05, 4.69) is 34.7 Å². The molecule has 4 rings (SSSR count). The van der Waals surface area contributed by atoms with Gasteiger partial charge in [-0.15, -0.1) is 0 Å². The Labute approximate surface area is 184 Å². The van der Waals surface area contributed by atoms with Crippen molar-refractivity contribution in [2.75, 3.05) is 31.6 Å². The highest BCUT2D eigenvalue weighted by molar-refractivity contribution is 7.87. The zero-order valence-corrected chi connectivity index (χ0v) is 18.3. The highest BCUT2D eigenvalue weighted by Gasteiger charge is 2.23. The van der Waals surface area contributed by atoms with Gasteiger partial charge in [-0.3, -0.25) is 0 Å². The molecule has 1 aliphatic heterocycles. The van der Waals surface area contributed by atoms with E-state index in [1.54, 1.807) is 19.4 Å². The SMILES string of the molecule is COc1ccc2c(ncc3nc(/C=N/O)nc(N4CCCC(CNS(N)(=O)=O)CC4)c32)n1. The Hall–Kier alpha value is -3.16. The zero-order valence-electron chi connectivity index (χ0n) is 17.5. The van der Waals surface area contributed by atoms with Crippen LogP contribution in [0.15, 0.2) is 23.5 Å². The number of fused-ring (bicyclic) bond motifs is 3. The first-order valence-electron chi connectivity index (χ1n) is 10.1. The van der Waals surface area contributed by atoms with E-state index in [4.69, 9.17) is 15.1 Å². The van der Waals surface area contributed by atoms with Gasteiger partial charge in [0.2, 0.25) is 5.88 Å². The minimum Gasteiger partial charge on any atom is -0.481 e. The molecule has 1 aliphatic rings. The first kappa shape index (κ1) is 22.0. The lowest BCUT2D eigenvalue weighted by molar-refractivity contribution is 0.321. The Morgan fingerprint density at radius 3 is 2.91 bits per heavy atom. The number of hydrogen-bond donors (Lipinski definition) is 3. The predicted molar refractivity (Wildman–Crippen MR) is 119 cm³/mol. The number of rotatable bonds is 6. The quantitative estimate of drug-likeness (QED) is 0.208. The summed E-state index contributed by atoms with van der Waals surface area (Å²) in [7, 11) is -2.17. The predicted octanol–water partition coefficient (Wildman–Crippen LogP) is 0.789. The zero-order chi connectivity index (χ0) is 22.7. The number of ether oxygens (including phenoxy) is 1. The van der Waals surface area contributed by atoms with E-state index < -0.39 is 10.2 Å². The molecular formula is C19H24N8O4S. The van der Waals surface area contributed by atoms with Crippen molar-refractivity contribution in [1.82, 2.24) is 24.7 Å². The van der Waals surface area contributed by atoms with Crippen molar-refractivity contribution in [3.8, 4) is 5.88 Å². The summed E-state index contributed by atoms with van der Waals surface area (Å²) in [5.74, 6) is 1.56. The molecule has 4 heterocycles. The Bertz CT molecular complexity index is 1270. The summed E-state index contributed by atoms with van der Waals surface area (Å²) >= 11 is 0. The van der Waals surface area contributed by atoms with Crippen LogP contribution >= 0.6 is 0 Å². The molecule has 32 heavy (non-hydrogen) atoms. The fourth-order valence-corrected chi connectivity index (χ4v) is 4.42. The molecule has 1 saturated heterocycles. The Morgan fingerprint density at radius 1 is 1.31 bits per heavy atom. The standard InChI is InChI=1S/C19H24N8O4S/c1-31-16-5-4-13-17-14(10-21-18(13)26-16)24-15(11-22-28)25-19(17)27-7-2-3-12(6-8-27)9-23-32(20,29)30/h4-5,10-12,23,28H,2-3,6-9H2,1H3,(H2,20,29,30)/b22-11+. The van der Waals surface area contributed by atoms with Gasteiger partial charge in [-0.1, -0.05) is 5.16 Å². The highest BCUT2D eigenvalue weighted by Crippen LogP contribution is 2.32. The molecule has 0 amide bonds. The number of hydrogen-bond acceptors (Lipinski definition) is 10. The van der Waals surface area contributed by atoms with Gasteiger partial charge in [0.1, 0.15) is 12.0 Å². The molecular weight excluding hydrogens is 436 g/mol. The fraction of sp³-hybridized carbons (Fsp3) is 0.421. The second kappa shape index (κ2) is 9.14. The second-order valence-corrected chi connectivity index (χ2v) is 8.95. The van der Waals surface area contributed by atoms with E-state index in [0.717, 1.165) is 36.6 Å². The van der Waals surface area contributed by atoms with Gasteiger partial charge in [0, 0.05) is 31.1 Å². The van der Waals surface area contributed by atoms with Crippen LogP contribution in [0.1, 0.15) is 25.1 Å². The van der Waals surface area contributed by atoms with Crippen LogP contribution in [0.5, 0.6) is 5.88 Å². The molecule has 0 aliphatic carbocycles. The summed E-state index contributed by atoms with van der Waals surface area (Å²) in [6.07, 6.45) is 5.25. The maximum atomic E-state index is 11.2. The Balaban J connectivity index is 1.75. The van der Waals surface area contributed by atoms with Crippen molar-refractivity contribution >= 4 is 44.2 Å². The van der Waals surface area contributed by atoms with Gasteiger partial charge in [-0.05, 0) is 31.2 Å². The minimum absolute atomic E-state index is 0.161. The number of nitrogens with zero attached hydrogens (tertiary/aromatic N) is 6. The van der Waals surface area contributed by atoms with Crippen molar-refractivity contribution in [3.05, 3.63) is 24.2 Å². The third kappa shape index (κ3) is 4.84. The molecule has 0 aromatic carbocycles. The number of aromatic nitrogens is 4. The molecule has 1 unspecified atom stereocenters. The van der Waals surface area contributed by atoms with E-state index in [1.165, 1.54) is 6.21 Å². The molecule has 0 radical (unpaired) electrons. The van der Waals surface area contributed by atoms with Crippen LogP contribution in [-0.4, -0.2) is 66.5 Å². The molecule has 0 saturated carbocycles. The van der Waals surface area contributed by atoms with Crippen LogP contribution in [0.25, 0.3) is 21.9 Å². The Morgan fingerprint density at radius 2 is 2.16 bits per heavy atom. The van der Waals surface area contributed by atoms with E-state index in [9.17, 15) is 8.42 Å². The van der Waals surface area contributed by atoms with Crippen molar-refractivity contribution in [1.29, 1.82) is 0 Å². The molecule has 4 N–H and O–H groups in total. The highest BCUT2D eigenvalue weighted by atomic mass is 32.2. The van der Waals surface area contributed by atoms with Crippen LogP contribution in [0.3, 0.4) is 0 Å². The molecule has 1 fully saturated rings. The summed E-state index contributed by atoms with van der Waals surface area (Å²) in [5, 5.41) is 18.7. The monoisotopic (exact) mass is 460 g/mol. The topological polar surface area (TPSA) is 169 Å². The summed E-state index contributed by atoms with van der Waals surface area (Å²) in [5.41, 5.74) is 1.11. The number of anilines is 1. The average Bonchev–Trinajstić information content (AvgIpc) is 3.02. The van der Waals surface area contributed by atoms with Crippen LogP contribution in [-0.2, 0) is 10.2 Å². The summed E-state index contributed by atoms with van der Waals surface area (Å²) in [6.45, 7) is 1.68. The molecule has 3 aromatic heterocycles. The van der Waals surface area contributed by atoms with E-state index in [-0.39, 0.29) is 11.7 Å². The average molecular weight is 461 g/mol. The normalized spacial score (nSPS) is 17.8. The lowest BCUT2D eigenvalue weighted by atomic mass is 10.0. The number of methoxy groups -OCH3 is 1. The van der Waals surface area contributed by atoms with Crippen molar-refractivity contribution < 1.29 is 18.4 Å². The minimum atomic E-state index is -3.72. The molecule has 0 spiro atoms. The van der Waals surface area contributed by atoms with Crippen LogP contribution in [0.4, 0.5) is 5.82 Å². The maximum absolute atomic E-state index is 11.2. The number of pyridine rings is 2. The molecule has 13 heteroatoms. The van der Waals surface area contributed by atoms with Crippen LogP contribution in [0, 0.1) is 5.92 Å². The fourth-order valence-electron chi connectivity index (χ4n) is 3.95. The smallest absolute Gasteiger partial charge is 0.274 e. The van der Waals surface area contributed by atoms with Gasteiger partial charge >= 0.3 is 0 Å². The first-order chi connectivity index (χ1) is 15.4. The van der Waals surface area contributed by atoms with Crippen molar-refractivity contribution in [2.45, 2.75) is 19.3 Å². The van der Waals surface area contributed by atoms with E-state index >= 15 is 0 Å². The van der Waals surface area contributed by atoms with Gasteiger partial charge in [0.25, 0.3) is 10.2 Å². The number of nitrogens with one attached hydrogen (secondary N) is 1. The first-order valence-corrected chi connectivity index (χ1v) is 11.6. The van der Waals surface area contributed by atoms with Gasteiger partial charge in [-0.2, -0.15) is 13.4 Å². The van der Waals surface area contributed by atoms with Gasteiger partial charge in [0.05, 0.1) is 24.2 Å². The second-order valence-electron chi connectivity index (χ2n) is 7.57. The molecule has 12 nitrogen and oxygen atoms in total. The van der Waals surface area contributed by atoms with E-state index in [0.29, 0.717) is 36.0 Å². The van der Waals surface area contributed by atoms with Gasteiger partial charge in [0.15, 0.2) is 11.5 Å². The summed E-state index contributed by atoms with van der Waals surface area (Å²) < 4.78 is 30.1. The lowest BCUT2D eigenvalue weighted by Crippen LogP contribution is -2.35. The molecule has 3 aromatic rings. The Kier molecular flexibility index (Phi) is 6.30. The molecule has 0 bridgehead atoms. The third-order valence-corrected chi connectivity index (χ3v) is 6.04. The van der Waals surface area contributed by atoms with Gasteiger partial charge < -0.3 is 14.8 Å². The number of nitrogens with two attached hydrogens (primary N) is 1. The van der Waals surface area contributed by atoms with Gasteiger partial charge in [-0.25, -0.2) is 24.8 Å². The van der Waals surface area contributed by atoms with Crippen LogP contribution < -0.4 is 19.5 Å². The number of oxime groups is 1. The summed E-state index contributed by atoms with van der Waals surface area (Å²) in [6, 6.07) is 3.63. The van der Waals surface area contributed by atoms with Crippen LogP contribution in [0.2, 0.25) is 0 Å². The van der Waals surface area contributed by atoms with E-state index in [1.807, 2.05) is 6.07 Å². The van der Waals surface area contributed by atoms with Crippen molar-refractivity contribution in [2.24, 2.45) is 16.2 Å². The summed E-state index contributed by atoms with van der Waals surface area (Å²) in [4.78, 5) is 20.0.